The van der Waals surface area contributed by atoms with Crippen LogP contribution in [0.15, 0.2) is 188 Å². The van der Waals surface area contributed by atoms with Crippen LogP contribution < -0.4 is 0 Å². The van der Waals surface area contributed by atoms with Crippen molar-refractivity contribution in [1.82, 2.24) is 0 Å². The molecule has 0 amide bonds. The van der Waals surface area contributed by atoms with Crippen molar-refractivity contribution in [1.29, 1.82) is 0 Å². The van der Waals surface area contributed by atoms with Gasteiger partial charge in [0, 0.05) is 20.2 Å². The summed E-state index contributed by atoms with van der Waals surface area (Å²) in [6, 6.07) is 64.0. The van der Waals surface area contributed by atoms with Crippen LogP contribution in [0.1, 0.15) is 5.56 Å². The third-order valence-corrected chi connectivity index (χ3v) is 12.6. The molecule has 0 spiro atoms. The molecule has 1 aromatic heterocycles. The first-order valence-electron chi connectivity index (χ1n) is 19.0. The molecule has 0 fully saturated rings. The van der Waals surface area contributed by atoms with Crippen molar-refractivity contribution in [3.05, 3.63) is 194 Å². The van der Waals surface area contributed by atoms with E-state index < -0.39 is 11.7 Å². The molecule has 11 aromatic rings. The number of hydrogen-bond acceptors (Lipinski definition) is 1. The van der Waals surface area contributed by atoms with E-state index >= 15 is 0 Å². The molecule has 0 nitrogen and oxygen atoms in total. The van der Waals surface area contributed by atoms with E-state index in [4.69, 9.17) is 0 Å². The summed E-state index contributed by atoms with van der Waals surface area (Å²) in [5.41, 5.74) is 8.16. The average molecular weight is 757 g/mol. The Morgan fingerprint density at radius 1 is 0.281 bits per heavy atom. The van der Waals surface area contributed by atoms with Crippen molar-refractivity contribution in [2.75, 3.05) is 0 Å². The number of benzene rings is 10. The van der Waals surface area contributed by atoms with Gasteiger partial charge >= 0.3 is 6.18 Å². The average Bonchev–Trinajstić information content (AvgIpc) is 3.62. The van der Waals surface area contributed by atoms with Crippen molar-refractivity contribution in [3.63, 3.8) is 0 Å². The fourth-order valence-corrected chi connectivity index (χ4v) is 10.1. The zero-order chi connectivity index (χ0) is 38.3. The van der Waals surface area contributed by atoms with Crippen molar-refractivity contribution >= 4 is 74.6 Å². The van der Waals surface area contributed by atoms with Gasteiger partial charge in [0.05, 0.1) is 5.56 Å². The van der Waals surface area contributed by atoms with Crippen molar-refractivity contribution < 1.29 is 13.2 Å². The summed E-state index contributed by atoms with van der Waals surface area (Å²) >= 11 is 1.81. The summed E-state index contributed by atoms with van der Waals surface area (Å²) in [4.78, 5) is 0. The van der Waals surface area contributed by atoms with Crippen LogP contribution >= 0.6 is 11.3 Å². The van der Waals surface area contributed by atoms with Gasteiger partial charge in [0.1, 0.15) is 0 Å². The highest BCUT2D eigenvalue weighted by atomic mass is 32.1. The largest absolute Gasteiger partial charge is 0.416 e. The number of alkyl halides is 3. The Kier molecular flexibility index (Phi) is 7.60. The summed E-state index contributed by atoms with van der Waals surface area (Å²) < 4.78 is 43.0. The first-order valence-corrected chi connectivity index (χ1v) is 19.8. The molecule has 0 aliphatic heterocycles. The molecule has 11 rings (SSSR count). The highest BCUT2D eigenvalue weighted by Gasteiger charge is 2.30. The van der Waals surface area contributed by atoms with Crippen molar-refractivity contribution in [2.45, 2.75) is 6.18 Å². The maximum absolute atomic E-state index is 13.5. The number of rotatable bonds is 4. The Balaban J connectivity index is 1.10. The Bertz CT molecular complexity index is 3260. The zero-order valence-corrected chi connectivity index (χ0v) is 31.3. The van der Waals surface area contributed by atoms with Gasteiger partial charge in [0.15, 0.2) is 0 Å². The van der Waals surface area contributed by atoms with E-state index in [0.717, 1.165) is 43.8 Å². The van der Waals surface area contributed by atoms with Crippen molar-refractivity contribution in [2.24, 2.45) is 0 Å². The summed E-state index contributed by atoms with van der Waals surface area (Å²) in [7, 11) is 0. The standard InChI is InChI=1S/C53H31F3S/c54-53(55,56)36-26-22-33(23-27-36)50-40-16-6-8-18-42(40)51(43-19-9-7-17-41(43)50)34-25-29-47-46(30-34)37-28-24-35(31-48(37)57-47)52-44-20-10-4-14-38(44)49(32-12-2-1-3-13-32)39-15-5-11-21-45(39)52/h1-31H. The lowest BCUT2D eigenvalue weighted by atomic mass is 9.85. The molecule has 57 heavy (non-hydrogen) atoms. The monoisotopic (exact) mass is 756 g/mol. The molecule has 4 heteroatoms. The first-order chi connectivity index (χ1) is 27.9. The minimum Gasteiger partial charge on any atom is -0.166 e. The lowest BCUT2D eigenvalue weighted by Gasteiger charge is -2.18. The molecule has 0 atom stereocenters. The van der Waals surface area contributed by atoms with Gasteiger partial charge in [-0.2, -0.15) is 13.2 Å². The van der Waals surface area contributed by atoms with Crippen molar-refractivity contribution in [3.8, 4) is 44.5 Å². The molecule has 0 aliphatic carbocycles. The SMILES string of the molecule is FC(F)(F)c1ccc(-c2c3ccccc3c(-c3ccc4sc5cc(-c6c7ccccc7c(-c7ccccc7)c7ccccc67)ccc5c4c3)c3ccccc23)cc1. The van der Waals surface area contributed by atoms with Crippen LogP contribution in [-0.4, -0.2) is 0 Å². The van der Waals surface area contributed by atoms with Gasteiger partial charge in [-0.15, -0.1) is 11.3 Å². The highest BCUT2D eigenvalue weighted by Crippen LogP contribution is 2.48. The molecule has 1 heterocycles. The Labute approximate surface area is 330 Å². The minimum absolute atomic E-state index is 0.650. The second-order valence-corrected chi connectivity index (χ2v) is 15.7. The van der Waals surface area contributed by atoms with Crippen LogP contribution in [0, 0.1) is 0 Å². The predicted molar refractivity (Wildman–Crippen MR) is 236 cm³/mol. The van der Waals surface area contributed by atoms with E-state index in [-0.39, 0.29) is 0 Å². The smallest absolute Gasteiger partial charge is 0.166 e. The zero-order valence-electron chi connectivity index (χ0n) is 30.4. The lowest BCUT2D eigenvalue weighted by molar-refractivity contribution is -0.137. The molecule has 10 aromatic carbocycles. The molecular formula is C53H31F3S. The number of hydrogen-bond donors (Lipinski definition) is 0. The van der Waals surface area contributed by atoms with Crippen LogP contribution in [0.5, 0.6) is 0 Å². The molecule has 0 aliphatic rings. The summed E-state index contributed by atoms with van der Waals surface area (Å²) in [5.74, 6) is 0. The fourth-order valence-electron chi connectivity index (χ4n) is 9.02. The van der Waals surface area contributed by atoms with E-state index in [1.54, 1.807) is 12.1 Å². The van der Waals surface area contributed by atoms with Crippen LogP contribution in [0.2, 0.25) is 0 Å². The Morgan fingerprint density at radius 3 is 1.11 bits per heavy atom. The maximum atomic E-state index is 13.5. The van der Waals surface area contributed by atoms with Crippen LogP contribution in [-0.2, 0) is 6.18 Å². The first kappa shape index (κ1) is 33.6. The molecule has 270 valence electrons. The lowest BCUT2D eigenvalue weighted by Crippen LogP contribution is -2.04. The topological polar surface area (TPSA) is 0 Å². The number of thiophene rings is 1. The van der Waals surface area contributed by atoms with Gasteiger partial charge in [0.25, 0.3) is 0 Å². The number of fused-ring (bicyclic) bond motifs is 7. The van der Waals surface area contributed by atoms with E-state index in [1.807, 2.05) is 35.6 Å². The van der Waals surface area contributed by atoms with Gasteiger partial charge in [0.2, 0.25) is 0 Å². The van der Waals surface area contributed by atoms with E-state index in [2.05, 4.69) is 140 Å². The summed E-state index contributed by atoms with van der Waals surface area (Å²) in [6.45, 7) is 0. The molecular weight excluding hydrogens is 726 g/mol. The molecule has 0 unspecified atom stereocenters. The van der Waals surface area contributed by atoms with E-state index in [0.29, 0.717) is 0 Å². The van der Waals surface area contributed by atoms with Crippen LogP contribution in [0.25, 0.3) is 108 Å². The molecule has 0 radical (unpaired) electrons. The molecule has 0 bridgehead atoms. The second kappa shape index (κ2) is 12.9. The van der Waals surface area contributed by atoms with Crippen LogP contribution in [0.4, 0.5) is 13.2 Å². The third-order valence-electron chi connectivity index (χ3n) is 11.5. The molecule has 0 N–H and O–H groups in total. The predicted octanol–water partition coefficient (Wildman–Crippen LogP) is 16.4. The van der Waals surface area contributed by atoms with Gasteiger partial charge in [-0.3, -0.25) is 0 Å². The Morgan fingerprint density at radius 2 is 0.649 bits per heavy atom. The summed E-state index contributed by atoms with van der Waals surface area (Å²) in [5, 5.41) is 11.5. The van der Waals surface area contributed by atoms with Gasteiger partial charge in [-0.25, -0.2) is 0 Å². The third kappa shape index (κ3) is 5.36. The summed E-state index contributed by atoms with van der Waals surface area (Å²) in [6.07, 6.45) is -4.39. The number of halogens is 3. The normalized spacial score (nSPS) is 12.1. The highest BCUT2D eigenvalue weighted by molar-refractivity contribution is 7.25. The quantitative estimate of drug-likeness (QED) is 0.157. The van der Waals surface area contributed by atoms with Gasteiger partial charge < -0.3 is 0 Å². The molecule has 0 saturated carbocycles. The maximum Gasteiger partial charge on any atom is 0.416 e. The van der Waals surface area contributed by atoms with E-state index in [9.17, 15) is 13.2 Å². The van der Waals surface area contributed by atoms with Crippen LogP contribution in [0.3, 0.4) is 0 Å². The van der Waals surface area contributed by atoms with Gasteiger partial charge in [-0.05, 0) is 118 Å². The van der Waals surface area contributed by atoms with Gasteiger partial charge in [-0.1, -0.05) is 158 Å². The Hall–Kier alpha value is -6.75. The fraction of sp³-hybridized carbons (Fsp3) is 0.0189. The minimum atomic E-state index is -4.39. The van der Waals surface area contributed by atoms with E-state index in [1.165, 1.54) is 76.1 Å². The molecule has 0 saturated heterocycles. The second-order valence-electron chi connectivity index (χ2n) is 14.6.